The van der Waals surface area contributed by atoms with E-state index < -0.39 is 5.97 Å². The lowest BCUT2D eigenvalue weighted by atomic mass is 9.94. The topological polar surface area (TPSA) is 50.4 Å². The Balaban J connectivity index is 2.81. The van der Waals surface area contributed by atoms with Crippen LogP contribution in [-0.2, 0) is 0 Å². The summed E-state index contributed by atoms with van der Waals surface area (Å²) < 4.78 is 5.30. The van der Waals surface area contributed by atoms with E-state index in [0.29, 0.717) is 11.3 Å². The maximum absolute atomic E-state index is 10.9. The molecule has 3 nitrogen and oxygen atoms in total. The van der Waals surface area contributed by atoms with Crippen LogP contribution >= 0.6 is 0 Å². The van der Waals surface area contributed by atoms with E-state index in [1.165, 1.54) is 12.3 Å². The maximum atomic E-state index is 10.9. The highest BCUT2D eigenvalue weighted by atomic mass is 16.4. The molecule has 0 fully saturated rings. The minimum absolute atomic E-state index is 0.242. The van der Waals surface area contributed by atoms with Crippen molar-refractivity contribution in [1.29, 1.82) is 0 Å². The lowest BCUT2D eigenvalue weighted by Crippen LogP contribution is -2.04. The molecule has 84 valence electrons. The second kappa shape index (κ2) is 5.59. The minimum Gasteiger partial charge on any atom is -0.478 e. The molecule has 1 rings (SSSR count). The molecule has 0 aliphatic heterocycles. The smallest absolute Gasteiger partial charge is 0.339 e. The first-order chi connectivity index (χ1) is 7.20. The highest BCUT2D eigenvalue weighted by Crippen LogP contribution is 2.29. The second-order valence-electron chi connectivity index (χ2n) is 3.75. The molecule has 1 aromatic rings. The van der Waals surface area contributed by atoms with Gasteiger partial charge in [0.15, 0.2) is 0 Å². The predicted molar refractivity (Wildman–Crippen MR) is 58.2 cm³/mol. The Morgan fingerprint density at radius 1 is 1.53 bits per heavy atom. The summed E-state index contributed by atoms with van der Waals surface area (Å²) in [5.41, 5.74) is 0.318. The number of aromatic carboxylic acids is 1. The van der Waals surface area contributed by atoms with Gasteiger partial charge in [-0.3, -0.25) is 0 Å². The van der Waals surface area contributed by atoms with Crippen LogP contribution in [0, 0.1) is 0 Å². The van der Waals surface area contributed by atoms with E-state index >= 15 is 0 Å². The van der Waals surface area contributed by atoms with Crippen molar-refractivity contribution in [3.05, 3.63) is 23.7 Å². The van der Waals surface area contributed by atoms with Crippen LogP contribution in [0.4, 0.5) is 0 Å². The third-order valence-corrected chi connectivity index (χ3v) is 2.70. The highest BCUT2D eigenvalue weighted by Gasteiger charge is 2.20. The van der Waals surface area contributed by atoms with Gasteiger partial charge in [0.1, 0.15) is 11.3 Å². The Bertz CT molecular complexity index is 314. The quantitative estimate of drug-likeness (QED) is 0.779. The Labute approximate surface area is 90.1 Å². The summed E-state index contributed by atoms with van der Waals surface area (Å²) in [7, 11) is 0. The molecule has 1 unspecified atom stereocenters. The van der Waals surface area contributed by atoms with Gasteiger partial charge in [0, 0.05) is 5.92 Å². The monoisotopic (exact) mass is 210 g/mol. The normalized spacial score (nSPS) is 12.7. The van der Waals surface area contributed by atoms with E-state index in [1.807, 2.05) is 0 Å². The van der Waals surface area contributed by atoms with Gasteiger partial charge in [-0.2, -0.15) is 0 Å². The number of carbonyl (C=O) groups is 1. The highest BCUT2D eigenvalue weighted by molar-refractivity contribution is 5.88. The van der Waals surface area contributed by atoms with E-state index in [1.54, 1.807) is 0 Å². The summed E-state index contributed by atoms with van der Waals surface area (Å²) in [5.74, 6) is -0.0156. The molecular formula is C12H18O3. The fourth-order valence-electron chi connectivity index (χ4n) is 1.78. The van der Waals surface area contributed by atoms with Crippen molar-refractivity contribution in [2.75, 3.05) is 0 Å². The molecule has 1 aromatic heterocycles. The maximum Gasteiger partial charge on any atom is 0.339 e. The molecule has 1 atom stereocenters. The molecule has 0 aliphatic rings. The van der Waals surface area contributed by atoms with Crippen molar-refractivity contribution in [3.8, 4) is 0 Å². The lowest BCUT2D eigenvalue weighted by Gasteiger charge is -2.12. The SMILES string of the molecule is CCCCC(CC)c1occc1C(=O)O. The molecule has 3 heteroatoms. The van der Waals surface area contributed by atoms with Crippen LogP contribution < -0.4 is 0 Å². The van der Waals surface area contributed by atoms with Crippen molar-refractivity contribution in [3.63, 3.8) is 0 Å². The first kappa shape index (κ1) is 11.8. The molecule has 0 aromatic carbocycles. The number of furan rings is 1. The zero-order valence-corrected chi connectivity index (χ0v) is 9.32. The lowest BCUT2D eigenvalue weighted by molar-refractivity contribution is 0.0693. The van der Waals surface area contributed by atoms with Crippen LogP contribution in [0.5, 0.6) is 0 Å². The number of hydrogen-bond donors (Lipinski definition) is 1. The summed E-state index contributed by atoms with van der Waals surface area (Å²) in [6.45, 7) is 4.20. The molecule has 0 radical (unpaired) electrons. The number of hydrogen-bond acceptors (Lipinski definition) is 2. The van der Waals surface area contributed by atoms with Crippen molar-refractivity contribution >= 4 is 5.97 Å². The summed E-state index contributed by atoms with van der Waals surface area (Å²) >= 11 is 0. The third-order valence-electron chi connectivity index (χ3n) is 2.70. The van der Waals surface area contributed by atoms with Gasteiger partial charge in [-0.25, -0.2) is 4.79 Å². The Morgan fingerprint density at radius 2 is 2.27 bits per heavy atom. The van der Waals surface area contributed by atoms with Gasteiger partial charge in [0.05, 0.1) is 6.26 Å². The average Bonchev–Trinajstić information content (AvgIpc) is 2.68. The van der Waals surface area contributed by atoms with E-state index in [0.717, 1.165) is 25.7 Å². The first-order valence-electron chi connectivity index (χ1n) is 5.51. The Kier molecular flexibility index (Phi) is 4.40. The van der Waals surface area contributed by atoms with Crippen LogP contribution in [0.1, 0.15) is 61.6 Å². The van der Waals surface area contributed by atoms with Crippen LogP contribution in [0.25, 0.3) is 0 Å². The fourth-order valence-corrected chi connectivity index (χ4v) is 1.78. The van der Waals surface area contributed by atoms with Crippen LogP contribution in [0.2, 0.25) is 0 Å². The minimum atomic E-state index is -0.895. The van der Waals surface area contributed by atoms with Gasteiger partial charge < -0.3 is 9.52 Å². The van der Waals surface area contributed by atoms with E-state index in [2.05, 4.69) is 13.8 Å². The predicted octanol–water partition coefficient (Wildman–Crippen LogP) is 3.66. The number of carboxylic acids is 1. The molecule has 0 spiro atoms. The molecule has 0 saturated heterocycles. The fraction of sp³-hybridized carbons (Fsp3) is 0.583. The van der Waals surface area contributed by atoms with Gasteiger partial charge in [0.25, 0.3) is 0 Å². The van der Waals surface area contributed by atoms with Crippen molar-refractivity contribution in [1.82, 2.24) is 0 Å². The Morgan fingerprint density at radius 3 is 2.80 bits per heavy atom. The molecular weight excluding hydrogens is 192 g/mol. The Hall–Kier alpha value is -1.25. The first-order valence-corrected chi connectivity index (χ1v) is 5.51. The molecule has 1 N–H and O–H groups in total. The van der Waals surface area contributed by atoms with Gasteiger partial charge in [-0.15, -0.1) is 0 Å². The number of carboxylic acid groups (broad SMARTS) is 1. The number of unbranched alkanes of at least 4 members (excludes halogenated alkanes) is 1. The molecule has 15 heavy (non-hydrogen) atoms. The molecule has 0 saturated carbocycles. The second-order valence-corrected chi connectivity index (χ2v) is 3.75. The zero-order valence-electron chi connectivity index (χ0n) is 9.32. The van der Waals surface area contributed by atoms with Gasteiger partial charge in [-0.1, -0.05) is 26.7 Å². The average molecular weight is 210 g/mol. The van der Waals surface area contributed by atoms with Crippen molar-refractivity contribution in [2.45, 2.75) is 45.4 Å². The van der Waals surface area contributed by atoms with E-state index in [-0.39, 0.29) is 5.92 Å². The molecule has 0 aliphatic carbocycles. The molecule has 1 heterocycles. The van der Waals surface area contributed by atoms with Crippen LogP contribution in [0.3, 0.4) is 0 Å². The van der Waals surface area contributed by atoms with Gasteiger partial charge in [0.2, 0.25) is 0 Å². The molecule has 0 bridgehead atoms. The standard InChI is InChI=1S/C12H18O3/c1-3-5-6-9(4-2)11-10(12(13)14)7-8-15-11/h7-9H,3-6H2,1-2H3,(H,13,14). The van der Waals surface area contributed by atoms with E-state index in [4.69, 9.17) is 9.52 Å². The summed E-state index contributed by atoms with van der Waals surface area (Å²) in [5, 5.41) is 8.96. The van der Waals surface area contributed by atoms with Crippen LogP contribution in [-0.4, -0.2) is 11.1 Å². The van der Waals surface area contributed by atoms with Gasteiger partial charge in [-0.05, 0) is 18.9 Å². The third kappa shape index (κ3) is 2.85. The van der Waals surface area contributed by atoms with Gasteiger partial charge >= 0.3 is 5.97 Å². The number of rotatable bonds is 6. The largest absolute Gasteiger partial charge is 0.478 e. The summed E-state index contributed by atoms with van der Waals surface area (Å²) in [6, 6.07) is 1.53. The molecule has 0 amide bonds. The summed E-state index contributed by atoms with van der Waals surface area (Å²) in [6.07, 6.45) is 5.62. The van der Waals surface area contributed by atoms with Crippen LogP contribution in [0.15, 0.2) is 16.7 Å². The summed E-state index contributed by atoms with van der Waals surface area (Å²) in [4.78, 5) is 10.9. The van der Waals surface area contributed by atoms with Crippen molar-refractivity contribution in [2.24, 2.45) is 0 Å². The zero-order chi connectivity index (χ0) is 11.3. The van der Waals surface area contributed by atoms with E-state index in [9.17, 15) is 4.79 Å². The van der Waals surface area contributed by atoms with Crippen molar-refractivity contribution < 1.29 is 14.3 Å².